The summed E-state index contributed by atoms with van der Waals surface area (Å²) < 4.78 is 0. The summed E-state index contributed by atoms with van der Waals surface area (Å²) in [6, 6.07) is 38.3. The second-order valence-electron chi connectivity index (χ2n) is 14.5. The molecule has 0 spiro atoms. The first-order valence-corrected chi connectivity index (χ1v) is 18.6. The largest absolute Gasteiger partial charge is 0.372 e. The Bertz CT molecular complexity index is 1730. The highest BCUT2D eigenvalue weighted by Crippen LogP contribution is 2.45. The number of benzene rings is 4. The SMILES string of the molecule is CC(C)c1ccccc1C(Nc1c(C2CCCCCC2)cccc1C1CCCCCC1)c1cccc(-c2cccc3ccccc23)n1. The Morgan fingerprint density at radius 3 is 1.77 bits per heavy atom. The van der Waals surface area contributed by atoms with Gasteiger partial charge < -0.3 is 5.32 Å². The first-order chi connectivity index (χ1) is 23.2. The molecule has 2 aliphatic carbocycles. The molecule has 0 saturated heterocycles. The third kappa shape index (κ3) is 7.03. The van der Waals surface area contributed by atoms with Crippen LogP contribution >= 0.6 is 0 Å². The molecular weight excluding hydrogens is 569 g/mol. The molecule has 47 heavy (non-hydrogen) atoms. The molecule has 1 N–H and O–H groups in total. The van der Waals surface area contributed by atoms with Gasteiger partial charge in [-0.1, -0.05) is 156 Å². The predicted octanol–water partition coefficient (Wildman–Crippen LogP) is 13.1. The fourth-order valence-corrected chi connectivity index (χ4v) is 8.58. The second kappa shape index (κ2) is 14.9. The van der Waals surface area contributed by atoms with Crippen LogP contribution in [0, 0.1) is 0 Å². The van der Waals surface area contributed by atoms with Gasteiger partial charge in [-0.15, -0.1) is 0 Å². The van der Waals surface area contributed by atoms with Crippen molar-refractivity contribution in [2.24, 2.45) is 0 Å². The molecule has 1 aromatic heterocycles. The summed E-state index contributed by atoms with van der Waals surface area (Å²) in [6.07, 6.45) is 16.0. The lowest BCUT2D eigenvalue weighted by molar-refractivity contribution is 0.578. The molecule has 2 fully saturated rings. The van der Waals surface area contributed by atoms with E-state index in [9.17, 15) is 0 Å². The van der Waals surface area contributed by atoms with E-state index in [0.29, 0.717) is 17.8 Å². The van der Waals surface area contributed by atoms with Gasteiger partial charge in [0.25, 0.3) is 0 Å². The highest BCUT2D eigenvalue weighted by molar-refractivity contribution is 5.95. The third-order valence-electron chi connectivity index (χ3n) is 11.1. The average molecular weight is 621 g/mol. The molecule has 1 atom stereocenters. The normalized spacial score (nSPS) is 17.3. The molecule has 1 unspecified atom stereocenters. The minimum atomic E-state index is -0.0556. The van der Waals surface area contributed by atoms with Crippen LogP contribution in [0.15, 0.2) is 103 Å². The minimum Gasteiger partial charge on any atom is -0.372 e. The van der Waals surface area contributed by atoms with Crippen molar-refractivity contribution < 1.29 is 0 Å². The highest BCUT2D eigenvalue weighted by Gasteiger charge is 2.28. The van der Waals surface area contributed by atoms with E-state index in [4.69, 9.17) is 4.98 Å². The first-order valence-electron chi connectivity index (χ1n) is 18.6. The van der Waals surface area contributed by atoms with Gasteiger partial charge in [-0.2, -0.15) is 0 Å². The van der Waals surface area contributed by atoms with Crippen molar-refractivity contribution in [1.82, 2.24) is 4.98 Å². The molecule has 2 aliphatic rings. The zero-order chi connectivity index (χ0) is 32.0. The maximum Gasteiger partial charge on any atom is 0.0943 e. The van der Waals surface area contributed by atoms with Gasteiger partial charge in [0.1, 0.15) is 0 Å². The summed E-state index contributed by atoms with van der Waals surface area (Å²) >= 11 is 0. The highest BCUT2D eigenvalue weighted by atomic mass is 15.0. The Morgan fingerprint density at radius 1 is 0.553 bits per heavy atom. The molecule has 2 saturated carbocycles. The molecular formula is C45H52N2. The van der Waals surface area contributed by atoms with Crippen molar-refractivity contribution in [3.05, 3.63) is 131 Å². The number of rotatable bonds is 8. The standard InChI is InChI=1S/C45H52N2/c1-32(2)36-24-13-14-26-41(36)45(43-31-17-30-42(46-43)40-29-15-23-33-22-11-12-25-37(33)40)47-44-38(34-18-7-3-4-8-19-34)27-16-28-39(44)35-20-9-5-6-10-21-35/h11-17,22-32,34-35,45,47H,3-10,18-21H2,1-2H3. The fraction of sp³-hybridized carbons (Fsp3) is 0.400. The molecule has 4 aromatic carbocycles. The minimum absolute atomic E-state index is 0.0556. The number of nitrogens with one attached hydrogen (secondary N) is 1. The zero-order valence-corrected chi connectivity index (χ0v) is 28.6. The van der Waals surface area contributed by atoms with Gasteiger partial charge in [-0.05, 0) is 88.6 Å². The number of pyridine rings is 1. The molecule has 0 radical (unpaired) electrons. The van der Waals surface area contributed by atoms with Gasteiger partial charge in [0, 0.05) is 11.3 Å². The van der Waals surface area contributed by atoms with Gasteiger partial charge in [-0.3, -0.25) is 4.98 Å². The van der Waals surface area contributed by atoms with Crippen LogP contribution in [-0.4, -0.2) is 4.98 Å². The van der Waals surface area contributed by atoms with Crippen LogP contribution in [0.5, 0.6) is 0 Å². The quantitative estimate of drug-likeness (QED) is 0.175. The van der Waals surface area contributed by atoms with E-state index in [-0.39, 0.29) is 6.04 Å². The zero-order valence-electron chi connectivity index (χ0n) is 28.6. The average Bonchev–Trinajstić information content (AvgIpc) is 3.57. The monoisotopic (exact) mass is 620 g/mol. The van der Waals surface area contributed by atoms with Gasteiger partial charge in [0.05, 0.1) is 17.4 Å². The maximum atomic E-state index is 5.52. The van der Waals surface area contributed by atoms with E-state index in [1.165, 1.54) is 110 Å². The number of anilines is 1. The number of nitrogens with zero attached hydrogens (tertiary/aromatic N) is 1. The molecule has 0 aliphatic heterocycles. The number of para-hydroxylation sites is 1. The summed E-state index contributed by atoms with van der Waals surface area (Å²) in [5, 5.41) is 6.84. The van der Waals surface area contributed by atoms with Crippen molar-refractivity contribution in [2.75, 3.05) is 5.32 Å². The van der Waals surface area contributed by atoms with Crippen LogP contribution in [0.3, 0.4) is 0 Å². The lowest BCUT2D eigenvalue weighted by Gasteiger charge is -2.31. The lowest BCUT2D eigenvalue weighted by atomic mass is 9.83. The van der Waals surface area contributed by atoms with Gasteiger partial charge in [0.15, 0.2) is 0 Å². The number of aromatic nitrogens is 1. The van der Waals surface area contributed by atoms with Gasteiger partial charge in [-0.25, -0.2) is 0 Å². The Labute approximate surface area is 283 Å². The molecule has 2 heteroatoms. The number of hydrogen-bond donors (Lipinski definition) is 1. The van der Waals surface area contributed by atoms with E-state index < -0.39 is 0 Å². The topological polar surface area (TPSA) is 24.9 Å². The Kier molecular flexibility index (Phi) is 10.0. The molecule has 5 aromatic rings. The molecule has 1 heterocycles. The summed E-state index contributed by atoms with van der Waals surface area (Å²) in [4.78, 5) is 5.52. The first kappa shape index (κ1) is 31.7. The van der Waals surface area contributed by atoms with E-state index in [0.717, 1.165) is 11.4 Å². The Morgan fingerprint density at radius 2 is 1.11 bits per heavy atom. The van der Waals surface area contributed by atoms with Crippen LogP contribution in [0.1, 0.15) is 143 Å². The molecule has 0 amide bonds. The molecule has 0 bridgehead atoms. The van der Waals surface area contributed by atoms with Crippen LogP contribution in [0.4, 0.5) is 5.69 Å². The third-order valence-corrected chi connectivity index (χ3v) is 11.1. The molecule has 7 rings (SSSR count). The Balaban J connectivity index is 1.39. The predicted molar refractivity (Wildman–Crippen MR) is 201 cm³/mol. The molecule has 2 nitrogen and oxygen atoms in total. The van der Waals surface area contributed by atoms with Crippen molar-refractivity contribution in [2.45, 2.75) is 115 Å². The summed E-state index contributed by atoms with van der Waals surface area (Å²) in [7, 11) is 0. The van der Waals surface area contributed by atoms with E-state index in [2.05, 4.69) is 122 Å². The van der Waals surface area contributed by atoms with Crippen LogP contribution < -0.4 is 5.32 Å². The Hall–Kier alpha value is -3.91. The summed E-state index contributed by atoms with van der Waals surface area (Å²) in [5.74, 6) is 1.64. The van der Waals surface area contributed by atoms with E-state index in [1.54, 1.807) is 11.1 Å². The second-order valence-corrected chi connectivity index (χ2v) is 14.5. The van der Waals surface area contributed by atoms with Crippen LogP contribution in [0.2, 0.25) is 0 Å². The number of fused-ring (bicyclic) bond motifs is 1. The number of hydrogen-bond acceptors (Lipinski definition) is 2. The fourth-order valence-electron chi connectivity index (χ4n) is 8.58. The van der Waals surface area contributed by atoms with Crippen molar-refractivity contribution in [3.8, 4) is 11.3 Å². The smallest absolute Gasteiger partial charge is 0.0943 e. The van der Waals surface area contributed by atoms with E-state index >= 15 is 0 Å². The van der Waals surface area contributed by atoms with Crippen LogP contribution in [-0.2, 0) is 0 Å². The van der Waals surface area contributed by atoms with Crippen LogP contribution in [0.25, 0.3) is 22.0 Å². The van der Waals surface area contributed by atoms with Crippen molar-refractivity contribution >= 4 is 16.5 Å². The lowest BCUT2D eigenvalue weighted by Crippen LogP contribution is -2.20. The van der Waals surface area contributed by atoms with Gasteiger partial charge in [0.2, 0.25) is 0 Å². The van der Waals surface area contributed by atoms with Gasteiger partial charge >= 0.3 is 0 Å². The van der Waals surface area contributed by atoms with Crippen molar-refractivity contribution in [3.63, 3.8) is 0 Å². The molecule has 242 valence electrons. The summed E-state index contributed by atoms with van der Waals surface area (Å²) in [5.41, 5.74) is 10.6. The van der Waals surface area contributed by atoms with E-state index in [1.807, 2.05) is 0 Å². The maximum absolute atomic E-state index is 5.52. The van der Waals surface area contributed by atoms with Crippen molar-refractivity contribution in [1.29, 1.82) is 0 Å². The summed E-state index contributed by atoms with van der Waals surface area (Å²) in [6.45, 7) is 4.65.